The summed E-state index contributed by atoms with van der Waals surface area (Å²) in [6.45, 7) is 4.30. The smallest absolute Gasteiger partial charge is 0.245 e. The Morgan fingerprint density at radius 2 is 1.35 bits per heavy atom. The Hall–Kier alpha value is -7.78. The van der Waals surface area contributed by atoms with Crippen molar-refractivity contribution in [2.45, 2.75) is 108 Å². The number of benzene rings is 2. The number of para-hydroxylation sites is 1. The number of fused-ring (bicyclic) bond motifs is 1. The molecule has 0 saturated heterocycles. The van der Waals surface area contributed by atoms with Gasteiger partial charge in [0.1, 0.15) is 36.3 Å². The number of guanidine groups is 1. The molecule has 0 unspecified atom stereocenters. The predicted octanol–water partition coefficient (Wildman–Crippen LogP) is -0.735. The van der Waals surface area contributed by atoms with Crippen molar-refractivity contribution in [2.24, 2.45) is 11.5 Å². The van der Waals surface area contributed by atoms with Gasteiger partial charge in [-0.3, -0.25) is 43.8 Å². The molecule has 2 heterocycles. The van der Waals surface area contributed by atoms with Gasteiger partial charge in [0.15, 0.2) is 5.96 Å². The zero-order chi connectivity index (χ0) is 49.8. The molecule has 22 nitrogen and oxygen atoms in total. The number of carbonyl (C=O) groups is 8. The van der Waals surface area contributed by atoms with E-state index in [2.05, 4.69) is 52.2 Å². The number of hydrogen-bond acceptors (Lipinski definition) is 10. The third-order valence-corrected chi connectivity index (χ3v) is 10.9. The Balaban J connectivity index is 1.53. The topological polar surface area (TPSA) is 344 Å². The van der Waals surface area contributed by atoms with Crippen LogP contribution in [-0.2, 0) is 57.6 Å². The van der Waals surface area contributed by atoms with Crippen LogP contribution in [-0.4, -0.2) is 129 Å². The number of unbranched alkanes of at least 4 members (excludes halogenated alkanes) is 1. The minimum absolute atomic E-state index is 0.00990. The van der Waals surface area contributed by atoms with Crippen LogP contribution in [0, 0.1) is 5.41 Å². The van der Waals surface area contributed by atoms with Crippen molar-refractivity contribution in [3.05, 3.63) is 90.1 Å². The predicted molar refractivity (Wildman–Crippen MR) is 253 cm³/mol. The Labute approximate surface area is 394 Å². The lowest BCUT2D eigenvalue weighted by atomic mass is 10.0. The Morgan fingerprint density at radius 1 is 0.721 bits per heavy atom. The van der Waals surface area contributed by atoms with E-state index in [9.17, 15) is 38.4 Å². The number of H-pyrrole nitrogens is 2. The van der Waals surface area contributed by atoms with Crippen LogP contribution in [0.1, 0.15) is 69.7 Å². The molecule has 68 heavy (non-hydrogen) atoms. The lowest BCUT2D eigenvalue weighted by molar-refractivity contribution is -0.139. The van der Waals surface area contributed by atoms with Crippen molar-refractivity contribution >= 4 is 64.1 Å². The second kappa shape index (κ2) is 26.4. The first-order chi connectivity index (χ1) is 32.4. The number of nitrogens with one attached hydrogen (secondary N) is 10. The van der Waals surface area contributed by atoms with E-state index in [-0.39, 0.29) is 44.6 Å². The first-order valence-corrected chi connectivity index (χ1v) is 22.4. The van der Waals surface area contributed by atoms with Crippen molar-refractivity contribution in [1.29, 1.82) is 5.41 Å². The van der Waals surface area contributed by atoms with E-state index in [4.69, 9.17) is 16.9 Å². The fourth-order valence-corrected chi connectivity index (χ4v) is 7.35. The number of carbonyl (C=O) groups excluding carboxylic acids is 8. The normalized spacial score (nSPS) is 13.6. The molecule has 2 aromatic heterocycles. The maximum Gasteiger partial charge on any atom is 0.245 e. The number of nitrogens with two attached hydrogens (primary N) is 2. The van der Waals surface area contributed by atoms with Gasteiger partial charge in [-0.05, 0) is 43.4 Å². The third-order valence-electron chi connectivity index (χ3n) is 10.9. The highest BCUT2D eigenvalue weighted by Crippen LogP contribution is 2.19. The molecule has 0 bridgehead atoms. The van der Waals surface area contributed by atoms with Crippen LogP contribution in [0.15, 0.2) is 73.3 Å². The van der Waals surface area contributed by atoms with Gasteiger partial charge < -0.3 is 63.6 Å². The van der Waals surface area contributed by atoms with Crippen LogP contribution >= 0.6 is 0 Å². The summed E-state index contributed by atoms with van der Waals surface area (Å²) in [6.07, 6.45) is 6.57. The quantitative estimate of drug-likeness (QED) is 0.0201. The fourth-order valence-electron chi connectivity index (χ4n) is 7.35. The number of rotatable bonds is 27. The van der Waals surface area contributed by atoms with Crippen LogP contribution in [0.3, 0.4) is 0 Å². The summed E-state index contributed by atoms with van der Waals surface area (Å²) in [5.41, 5.74) is 13.8. The molecule has 14 N–H and O–H groups in total. The van der Waals surface area contributed by atoms with Gasteiger partial charge in [-0.2, -0.15) is 0 Å². The van der Waals surface area contributed by atoms with E-state index in [1.54, 1.807) is 36.5 Å². The number of nitrogens with zero attached hydrogens (tertiary/aromatic N) is 2. The molecule has 4 aromatic rings. The van der Waals surface area contributed by atoms with Crippen molar-refractivity contribution in [3.8, 4) is 0 Å². The van der Waals surface area contributed by atoms with Gasteiger partial charge in [-0.15, -0.1) is 0 Å². The Morgan fingerprint density at radius 3 is 2.00 bits per heavy atom. The number of likely N-dealkylation sites (N-methyl/N-ethyl adjacent to an activating group) is 1. The average Bonchev–Trinajstić information content (AvgIpc) is 3.97. The van der Waals surface area contributed by atoms with Crippen LogP contribution in [0.2, 0.25) is 0 Å². The molecule has 22 heteroatoms. The summed E-state index contributed by atoms with van der Waals surface area (Å²) in [5, 5.41) is 27.0. The number of aromatic amines is 2. The molecule has 0 saturated carbocycles. The van der Waals surface area contributed by atoms with Gasteiger partial charge in [-0.25, -0.2) is 4.98 Å². The standard InChI is InChI=1S/C46H64N14O8/c1-5-6-16-34(55-28(3)61)42(65)54-27(2)41(64)58-38(22-31-24-50-26-53-31)44(67)59-37(20-29-13-8-7-9-14-29)43(66)57-35(18-12-19-51-46(48)49)45(68)60(4)25-39(62)56-36(40(47)63)21-30-23-52-33-17-11-10-15-32(30)33/h7-11,13-15,17,23-24,26-27,34-38,52H,5-6,12,16,18-22,25H2,1-4H3,(H2,47,63)(H,50,53)(H,54,65)(H,55,61)(H,56,62)(H,57,66)(H,58,64)(H,59,67)(H4,48,49,51)/t27-,34-,35-,36-,37+,38-/m0/s1. The van der Waals surface area contributed by atoms with Gasteiger partial charge in [0.05, 0.1) is 18.6 Å². The van der Waals surface area contributed by atoms with E-state index in [0.29, 0.717) is 24.1 Å². The van der Waals surface area contributed by atoms with Gasteiger partial charge in [0.25, 0.3) is 0 Å². The SMILES string of the molecule is CCCC[C@H](NC(C)=O)C(=O)N[C@@H](C)C(=O)N[C@@H](Cc1c[nH]cn1)C(=O)N[C@H](Cc1ccccc1)C(=O)N[C@@H](CCCNC(=N)N)C(=O)N(C)CC(=O)N[C@@H](Cc1c[nH]c2ccccc12)C(N)=O. The third kappa shape index (κ3) is 16.9. The molecule has 4 rings (SSSR count). The molecule has 6 atom stereocenters. The first kappa shape index (κ1) is 52.8. The number of aromatic nitrogens is 3. The van der Waals surface area contributed by atoms with E-state index in [1.165, 1.54) is 33.4 Å². The zero-order valence-corrected chi connectivity index (χ0v) is 38.8. The summed E-state index contributed by atoms with van der Waals surface area (Å²) in [6, 6.07) is 9.16. The fraction of sp³-hybridized carbons (Fsp3) is 0.435. The summed E-state index contributed by atoms with van der Waals surface area (Å²) in [4.78, 5) is 118. The monoisotopic (exact) mass is 941 g/mol. The minimum atomic E-state index is -1.32. The summed E-state index contributed by atoms with van der Waals surface area (Å²) in [7, 11) is 1.36. The highest BCUT2D eigenvalue weighted by molar-refractivity contribution is 5.97. The highest BCUT2D eigenvalue weighted by atomic mass is 16.2. The second-order valence-corrected chi connectivity index (χ2v) is 16.5. The van der Waals surface area contributed by atoms with Crippen molar-refractivity contribution in [1.82, 2.24) is 57.1 Å². The van der Waals surface area contributed by atoms with Crippen molar-refractivity contribution in [2.75, 3.05) is 20.1 Å². The molecular formula is C46H64N14O8. The Kier molecular flexibility index (Phi) is 20.5. The first-order valence-electron chi connectivity index (χ1n) is 22.4. The lowest BCUT2D eigenvalue weighted by Crippen LogP contribution is -2.59. The molecule has 0 radical (unpaired) electrons. The van der Waals surface area contributed by atoms with E-state index in [0.717, 1.165) is 27.8 Å². The van der Waals surface area contributed by atoms with E-state index < -0.39 is 90.1 Å². The molecule has 8 amide bonds. The number of hydrogen-bond donors (Lipinski definition) is 12. The van der Waals surface area contributed by atoms with Gasteiger partial charge in [0.2, 0.25) is 47.3 Å². The molecule has 0 fully saturated rings. The summed E-state index contributed by atoms with van der Waals surface area (Å²) in [5.74, 6) is -5.72. The number of amides is 8. The zero-order valence-electron chi connectivity index (χ0n) is 38.8. The van der Waals surface area contributed by atoms with Crippen molar-refractivity contribution < 1.29 is 38.4 Å². The number of primary amides is 1. The van der Waals surface area contributed by atoms with Gasteiger partial charge >= 0.3 is 0 Å². The second-order valence-electron chi connectivity index (χ2n) is 16.5. The van der Waals surface area contributed by atoms with E-state index in [1.807, 2.05) is 31.2 Å². The van der Waals surface area contributed by atoms with Crippen LogP contribution in [0.4, 0.5) is 0 Å². The van der Waals surface area contributed by atoms with Crippen LogP contribution in [0.25, 0.3) is 10.9 Å². The molecule has 366 valence electrons. The molecular weight excluding hydrogens is 877 g/mol. The van der Waals surface area contributed by atoms with Crippen molar-refractivity contribution in [3.63, 3.8) is 0 Å². The highest BCUT2D eigenvalue weighted by Gasteiger charge is 2.33. The van der Waals surface area contributed by atoms with Crippen LogP contribution in [0.5, 0.6) is 0 Å². The van der Waals surface area contributed by atoms with Gasteiger partial charge in [-0.1, -0.05) is 68.3 Å². The molecule has 0 aliphatic heterocycles. The van der Waals surface area contributed by atoms with Gasteiger partial charge in [0, 0.05) is 63.1 Å². The minimum Gasteiger partial charge on any atom is -0.370 e. The summed E-state index contributed by atoms with van der Waals surface area (Å²) >= 11 is 0. The molecule has 2 aromatic carbocycles. The lowest BCUT2D eigenvalue weighted by Gasteiger charge is -2.28. The maximum atomic E-state index is 14.4. The summed E-state index contributed by atoms with van der Waals surface area (Å²) < 4.78 is 0. The Bertz CT molecular complexity index is 2360. The van der Waals surface area contributed by atoms with E-state index >= 15 is 0 Å². The largest absolute Gasteiger partial charge is 0.370 e. The average molecular weight is 941 g/mol. The molecule has 0 spiro atoms. The maximum absolute atomic E-state index is 14.4. The van der Waals surface area contributed by atoms with Crippen LogP contribution < -0.4 is 48.7 Å². The molecule has 0 aliphatic carbocycles. The molecule has 0 aliphatic rings. The number of imidazole rings is 1.